The molecule has 4 aromatic carbocycles. The monoisotopic (exact) mass is 596 g/mol. The number of hydrogen-bond acceptors (Lipinski definition) is 10. The summed E-state index contributed by atoms with van der Waals surface area (Å²) in [6, 6.07) is 30.9. The van der Waals surface area contributed by atoms with E-state index in [4.69, 9.17) is 18.9 Å². The molecule has 224 valence electrons. The minimum Gasteiger partial charge on any atom is -0.452 e. The third-order valence-corrected chi connectivity index (χ3v) is 6.35. The highest BCUT2D eigenvalue weighted by molar-refractivity contribution is 5.92. The number of esters is 4. The van der Waals surface area contributed by atoms with Crippen LogP contribution >= 0.6 is 0 Å². The fraction of sp³-hybridized carbons (Fsp3) is 0.147. The molecule has 0 aliphatic rings. The van der Waals surface area contributed by atoms with Crippen molar-refractivity contribution < 1.29 is 48.0 Å². The van der Waals surface area contributed by atoms with Crippen molar-refractivity contribution in [2.75, 3.05) is 6.61 Å². The number of aldehydes is 1. The van der Waals surface area contributed by atoms with Crippen molar-refractivity contribution in [3.8, 4) is 0 Å². The molecule has 0 spiro atoms. The second-order valence-corrected chi connectivity index (χ2v) is 9.34. The smallest absolute Gasteiger partial charge is 0.338 e. The number of carbonyl (C=O) groups is 5. The molecule has 4 rings (SSSR count). The molecule has 0 unspecified atom stereocenters. The Hall–Kier alpha value is -5.61. The zero-order valence-electron chi connectivity index (χ0n) is 23.3. The van der Waals surface area contributed by atoms with E-state index in [1.165, 1.54) is 48.5 Å². The van der Waals surface area contributed by atoms with Gasteiger partial charge in [-0.25, -0.2) is 19.2 Å². The van der Waals surface area contributed by atoms with Gasteiger partial charge in [-0.15, -0.1) is 0 Å². The minimum absolute atomic E-state index is 0.0616. The fourth-order valence-electron chi connectivity index (χ4n) is 4.13. The number of ether oxygens (including phenoxy) is 4. The largest absolute Gasteiger partial charge is 0.452 e. The van der Waals surface area contributed by atoms with Crippen LogP contribution in [0.1, 0.15) is 41.4 Å². The van der Waals surface area contributed by atoms with Crippen LogP contribution in [-0.2, 0) is 23.7 Å². The maximum Gasteiger partial charge on any atom is 0.338 e. The second kappa shape index (κ2) is 15.6. The van der Waals surface area contributed by atoms with Gasteiger partial charge in [0, 0.05) is 0 Å². The van der Waals surface area contributed by atoms with E-state index < -0.39 is 54.9 Å². The van der Waals surface area contributed by atoms with Crippen molar-refractivity contribution in [1.29, 1.82) is 0 Å². The summed E-state index contributed by atoms with van der Waals surface area (Å²) >= 11 is 0. The van der Waals surface area contributed by atoms with Gasteiger partial charge >= 0.3 is 23.9 Å². The molecule has 10 heteroatoms. The molecule has 4 atom stereocenters. The van der Waals surface area contributed by atoms with Gasteiger partial charge in [0.05, 0.1) is 28.9 Å². The number of rotatable bonds is 13. The van der Waals surface area contributed by atoms with E-state index in [2.05, 4.69) is 0 Å². The quantitative estimate of drug-likeness (QED) is 0.136. The van der Waals surface area contributed by atoms with E-state index in [1.54, 1.807) is 72.8 Å². The number of benzene rings is 4. The summed E-state index contributed by atoms with van der Waals surface area (Å²) in [6.45, 7) is -0.928. The predicted molar refractivity (Wildman–Crippen MR) is 156 cm³/mol. The molecule has 0 fully saturated rings. The maximum absolute atomic E-state index is 13.3. The highest BCUT2D eigenvalue weighted by Gasteiger charge is 2.45. The average molecular weight is 597 g/mol. The van der Waals surface area contributed by atoms with E-state index in [1.807, 2.05) is 0 Å². The fourth-order valence-corrected chi connectivity index (χ4v) is 4.13. The van der Waals surface area contributed by atoms with E-state index in [9.17, 15) is 29.1 Å². The lowest BCUT2D eigenvalue weighted by atomic mass is 10.0. The number of hydrogen-bond donors (Lipinski definition) is 1. The number of carbonyl (C=O) groups excluding carboxylic acids is 5. The van der Waals surface area contributed by atoms with Crippen LogP contribution < -0.4 is 0 Å². The summed E-state index contributed by atoms with van der Waals surface area (Å²) in [6.07, 6.45) is -7.05. The Kier molecular flexibility index (Phi) is 11.1. The lowest BCUT2D eigenvalue weighted by Gasteiger charge is -2.34. The average Bonchev–Trinajstić information content (AvgIpc) is 3.09. The Labute approximate surface area is 252 Å². The summed E-state index contributed by atoms with van der Waals surface area (Å²) in [4.78, 5) is 65.0. The van der Waals surface area contributed by atoms with Crippen LogP contribution in [0.15, 0.2) is 121 Å². The molecule has 0 bridgehead atoms. The van der Waals surface area contributed by atoms with Gasteiger partial charge in [0.1, 0.15) is 0 Å². The highest BCUT2D eigenvalue weighted by atomic mass is 16.6. The molecular weight excluding hydrogens is 568 g/mol. The Bertz CT molecular complexity index is 1540. The van der Waals surface area contributed by atoms with Crippen molar-refractivity contribution in [3.05, 3.63) is 144 Å². The Morgan fingerprint density at radius 1 is 0.500 bits per heavy atom. The van der Waals surface area contributed by atoms with Gasteiger partial charge in [0.2, 0.25) is 0 Å². The number of aliphatic hydroxyl groups is 1. The molecule has 0 heterocycles. The molecule has 0 saturated heterocycles. The lowest BCUT2D eigenvalue weighted by molar-refractivity contribution is -0.142. The van der Waals surface area contributed by atoms with Crippen LogP contribution in [0.2, 0.25) is 0 Å². The highest BCUT2D eigenvalue weighted by Crippen LogP contribution is 2.23. The topological polar surface area (TPSA) is 143 Å². The van der Waals surface area contributed by atoms with Gasteiger partial charge in [-0.2, -0.15) is 0 Å². The lowest BCUT2D eigenvalue weighted by Crippen LogP contribution is -2.53. The van der Waals surface area contributed by atoms with Gasteiger partial charge in [-0.1, -0.05) is 72.8 Å². The van der Waals surface area contributed by atoms with Crippen molar-refractivity contribution in [1.82, 2.24) is 0 Å². The van der Waals surface area contributed by atoms with Crippen LogP contribution in [0.3, 0.4) is 0 Å². The van der Waals surface area contributed by atoms with E-state index >= 15 is 0 Å². The molecule has 10 nitrogen and oxygen atoms in total. The predicted octanol–water partition coefficient (Wildman–Crippen LogP) is 4.08. The third kappa shape index (κ3) is 8.24. The van der Waals surface area contributed by atoms with Gasteiger partial charge in [0.15, 0.2) is 30.7 Å². The molecule has 44 heavy (non-hydrogen) atoms. The first-order chi connectivity index (χ1) is 21.4. The minimum atomic E-state index is -1.87. The van der Waals surface area contributed by atoms with Gasteiger partial charge in [-0.3, -0.25) is 4.79 Å². The summed E-state index contributed by atoms with van der Waals surface area (Å²) in [5, 5.41) is 10.4. The summed E-state index contributed by atoms with van der Waals surface area (Å²) < 4.78 is 22.3. The molecule has 1 N–H and O–H groups in total. The molecule has 0 aromatic heterocycles. The van der Waals surface area contributed by atoms with Gasteiger partial charge in [-0.05, 0) is 48.5 Å². The van der Waals surface area contributed by atoms with Gasteiger partial charge < -0.3 is 24.1 Å². The normalized spacial score (nSPS) is 13.3. The van der Waals surface area contributed by atoms with Crippen LogP contribution in [0, 0.1) is 0 Å². The van der Waals surface area contributed by atoms with E-state index in [-0.39, 0.29) is 28.5 Å². The van der Waals surface area contributed by atoms with Crippen LogP contribution in [0.4, 0.5) is 0 Å². The van der Waals surface area contributed by atoms with E-state index in [0.29, 0.717) is 0 Å². The van der Waals surface area contributed by atoms with Gasteiger partial charge in [0.25, 0.3) is 0 Å². The SMILES string of the molecule is O=C[C@H](OC(=O)c1ccccc1)[C@@H](OC(=O)c1ccccc1)[C@@H](OC(=O)c1ccccc1)[C@H](CO)OC(=O)c1ccccc1. The Balaban J connectivity index is 1.75. The summed E-state index contributed by atoms with van der Waals surface area (Å²) in [7, 11) is 0. The summed E-state index contributed by atoms with van der Waals surface area (Å²) in [5.41, 5.74) is 0.325. The Morgan fingerprint density at radius 2 is 0.818 bits per heavy atom. The standard InChI is InChI=1S/C34H28O10/c35-21-27(41-31(37)23-13-5-1-6-14-23)29(43-33(39)25-17-9-3-10-18-25)30(44-34(40)26-19-11-4-12-20-26)28(22-36)42-32(38)24-15-7-2-8-16-24/h1-21,27-30,36H,22H2/t27-,28-,29+,30-/m0/s1. The van der Waals surface area contributed by atoms with Crippen LogP contribution in [0.5, 0.6) is 0 Å². The first kappa shape index (κ1) is 31.3. The van der Waals surface area contributed by atoms with Crippen molar-refractivity contribution in [2.45, 2.75) is 24.4 Å². The molecular formula is C34H28O10. The van der Waals surface area contributed by atoms with Crippen LogP contribution in [-0.4, -0.2) is 66.3 Å². The van der Waals surface area contributed by atoms with Crippen molar-refractivity contribution >= 4 is 30.2 Å². The van der Waals surface area contributed by atoms with Crippen LogP contribution in [0.25, 0.3) is 0 Å². The molecule has 0 radical (unpaired) electrons. The van der Waals surface area contributed by atoms with Crippen molar-refractivity contribution in [2.24, 2.45) is 0 Å². The zero-order chi connectivity index (χ0) is 31.3. The summed E-state index contributed by atoms with van der Waals surface area (Å²) in [5.74, 6) is -3.77. The van der Waals surface area contributed by atoms with E-state index in [0.717, 1.165) is 0 Å². The molecule has 0 amide bonds. The molecule has 0 saturated carbocycles. The second-order valence-electron chi connectivity index (χ2n) is 9.34. The first-order valence-electron chi connectivity index (χ1n) is 13.5. The molecule has 0 aliphatic heterocycles. The number of aliphatic hydroxyl groups excluding tert-OH is 1. The maximum atomic E-state index is 13.3. The molecule has 0 aliphatic carbocycles. The molecule has 4 aromatic rings. The third-order valence-electron chi connectivity index (χ3n) is 6.35. The Morgan fingerprint density at radius 3 is 1.16 bits per heavy atom. The first-order valence-corrected chi connectivity index (χ1v) is 13.5. The zero-order valence-corrected chi connectivity index (χ0v) is 23.3. The van der Waals surface area contributed by atoms with Crippen molar-refractivity contribution in [3.63, 3.8) is 0 Å².